The minimum Gasteiger partial charge on any atom is -0.507 e. The van der Waals surface area contributed by atoms with Crippen molar-refractivity contribution in [3.05, 3.63) is 59.2 Å². The van der Waals surface area contributed by atoms with E-state index in [2.05, 4.69) is 30.1 Å². The zero-order chi connectivity index (χ0) is 20.8. The van der Waals surface area contributed by atoms with Crippen molar-refractivity contribution in [3.63, 3.8) is 0 Å². The molecule has 0 atom stereocenters. The second-order valence-corrected chi connectivity index (χ2v) is 7.43. The van der Waals surface area contributed by atoms with Gasteiger partial charge < -0.3 is 15.2 Å². The number of hydrogen-bond donors (Lipinski definition) is 3. The van der Waals surface area contributed by atoms with Crippen molar-refractivity contribution in [3.8, 4) is 11.5 Å². The molecule has 2 aromatic heterocycles. The minimum absolute atomic E-state index is 0.127. The van der Waals surface area contributed by atoms with Gasteiger partial charge in [-0.1, -0.05) is 39.0 Å². The number of aromatic amines is 1. The summed E-state index contributed by atoms with van der Waals surface area (Å²) in [7, 11) is 0. The first-order valence-corrected chi connectivity index (χ1v) is 10.2. The van der Waals surface area contributed by atoms with E-state index in [0.29, 0.717) is 0 Å². The fraction of sp³-hybridized carbons (Fsp3) is 0.333. The highest BCUT2D eigenvalue weighted by atomic mass is 16.3. The molecule has 29 heavy (non-hydrogen) atoms. The van der Waals surface area contributed by atoms with Crippen LogP contribution in [0, 0.1) is 0 Å². The number of aryl methyl sites for hydroxylation is 1. The number of benzene rings is 2. The third-order valence-electron chi connectivity index (χ3n) is 5.22. The highest BCUT2D eigenvalue weighted by Gasteiger charge is 2.25. The Labute approximate surface area is 170 Å². The van der Waals surface area contributed by atoms with Crippen LogP contribution in [0.25, 0.3) is 11.0 Å². The van der Waals surface area contributed by atoms with Gasteiger partial charge >= 0.3 is 0 Å². The molecule has 5 nitrogen and oxygen atoms in total. The molecule has 0 unspecified atom stereocenters. The van der Waals surface area contributed by atoms with Crippen molar-refractivity contribution in [2.24, 2.45) is 0 Å². The van der Waals surface area contributed by atoms with Gasteiger partial charge in [0, 0.05) is 11.0 Å². The number of nitrogens with one attached hydrogen (secondary N) is 1. The van der Waals surface area contributed by atoms with Gasteiger partial charge in [0.1, 0.15) is 11.5 Å². The average Bonchev–Trinajstić information content (AvgIpc) is 3.33. The van der Waals surface area contributed by atoms with E-state index in [9.17, 15) is 19.8 Å². The Bertz CT molecular complexity index is 972. The zero-order valence-electron chi connectivity index (χ0n) is 16.7. The average molecular weight is 393 g/mol. The van der Waals surface area contributed by atoms with Crippen LogP contribution < -0.4 is 0 Å². The normalized spacial score (nSPS) is 12.9. The Morgan fingerprint density at radius 1 is 0.793 bits per heavy atom. The lowest BCUT2D eigenvalue weighted by molar-refractivity contribution is 0.0989. The van der Waals surface area contributed by atoms with Gasteiger partial charge in [0.05, 0.1) is 11.1 Å². The molecule has 0 saturated heterocycles. The zero-order valence-corrected chi connectivity index (χ0v) is 16.7. The van der Waals surface area contributed by atoms with Gasteiger partial charge in [-0.2, -0.15) is 0 Å². The van der Waals surface area contributed by atoms with E-state index in [-0.39, 0.29) is 22.6 Å². The minimum atomic E-state index is -0.479. The fourth-order valence-corrected chi connectivity index (χ4v) is 3.65. The van der Waals surface area contributed by atoms with Crippen LogP contribution >= 0.6 is 0 Å². The number of carbonyl (C=O) groups excluding carboxylic acids is 2. The molecule has 3 aromatic rings. The van der Waals surface area contributed by atoms with Crippen LogP contribution in [0.3, 0.4) is 0 Å². The second-order valence-electron chi connectivity index (χ2n) is 7.43. The molecule has 1 aliphatic rings. The number of ketones is 2. The number of fused-ring (bicyclic) bond motifs is 3. The van der Waals surface area contributed by atoms with Gasteiger partial charge in [0.15, 0.2) is 11.6 Å². The largest absolute Gasteiger partial charge is 0.507 e. The molecular weight excluding hydrogens is 366 g/mol. The van der Waals surface area contributed by atoms with Crippen molar-refractivity contribution in [1.29, 1.82) is 0 Å². The number of unbranched alkanes of at least 4 members (excludes halogenated alkanes) is 5. The third kappa shape index (κ3) is 4.86. The van der Waals surface area contributed by atoms with Crippen LogP contribution in [0.5, 0.6) is 11.5 Å². The van der Waals surface area contributed by atoms with Crippen molar-refractivity contribution in [2.45, 2.75) is 51.9 Å². The van der Waals surface area contributed by atoms with Gasteiger partial charge in [0.25, 0.3) is 0 Å². The summed E-state index contributed by atoms with van der Waals surface area (Å²) >= 11 is 0. The van der Waals surface area contributed by atoms with Crippen LogP contribution in [0.4, 0.5) is 0 Å². The summed E-state index contributed by atoms with van der Waals surface area (Å²) in [5, 5.41) is 18.7. The van der Waals surface area contributed by atoms with E-state index in [0.717, 1.165) is 12.2 Å². The molecule has 1 aliphatic carbocycles. The molecule has 0 fully saturated rings. The van der Waals surface area contributed by atoms with Crippen molar-refractivity contribution < 1.29 is 19.8 Å². The number of allylic oxidation sites excluding steroid dienone is 2. The Balaban J connectivity index is 0.000000166. The molecule has 4 rings (SSSR count). The maximum absolute atomic E-state index is 11.3. The van der Waals surface area contributed by atoms with Gasteiger partial charge in [-0.25, -0.2) is 0 Å². The quantitative estimate of drug-likeness (QED) is 0.363. The van der Waals surface area contributed by atoms with E-state index < -0.39 is 11.6 Å². The number of hydrogen-bond acceptors (Lipinski definition) is 4. The number of H-pyrrole nitrogens is 1. The maximum Gasteiger partial charge on any atom is 0.190 e. The summed E-state index contributed by atoms with van der Waals surface area (Å²) in [5.74, 6) is -1.54. The van der Waals surface area contributed by atoms with Gasteiger partial charge in [-0.15, -0.1) is 0 Å². The molecule has 0 amide bonds. The number of carbonyl (C=O) groups is 2. The Morgan fingerprint density at radius 2 is 1.38 bits per heavy atom. The number of rotatable bonds is 7. The first kappa shape index (κ1) is 20.6. The standard InChI is InChI=1S/C14H21N.C10H6O4/c1-2-3-4-5-6-7-8-12-11-13-9-10-14(12)15-13;11-5-1-2-6(12)10-8(14)4-3-7(13)9(5)10/h9-11,15H,2-8H2,1H3;1-4,11-12H. The maximum atomic E-state index is 11.3. The van der Waals surface area contributed by atoms with Crippen LogP contribution in [-0.2, 0) is 6.42 Å². The monoisotopic (exact) mass is 393 g/mol. The molecular formula is C24H27NO4. The van der Waals surface area contributed by atoms with Crippen LogP contribution in [-0.4, -0.2) is 26.8 Å². The smallest absolute Gasteiger partial charge is 0.190 e. The summed E-state index contributed by atoms with van der Waals surface area (Å²) in [6.07, 6.45) is 11.7. The molecule has 1 aromatic carbocycles. The summed E-state index contributed by atoms with van der Waals surface area (Å²) in [4.78, 5) is 26.0. The third-order valence-corrected chi connectivity index (χ3v) is 5.22. The number of phenolic OH excluding ortho intramolecular Hbond substituents is 2. The molecule has 2 bridgehead atoms. The van der Waals surface area contributed by atoms with Crippen molar-refractivity contribution in [2.75, 3.05) is 0 Å². The van der Waals surface area contributed by atoms with Crippen LogP contribution in [0.1, 0.15) is 71.7 Å². The predicted octanol–water partition coefficient (Wildman–Crippen LogP) is 5.54. The summed E-state index contributed by atoms with van der Waals surface area (Å²) in [6.45, 7) is 2.27. The molecule has 0 aliphatic heterocycles. The summed E-state index contributed by atoms with van der Waals surface area (Å²) in [5.41, 5.74) is 3.89. The molecule has 3 N–H and O–H groups in total. The van der Waals surface area contributed by atoms with Gasteiger partial charge in [0.2, 0.25) is 0 Å². The SMILES string of the molecule is CCCCCCCCc1cc2ccc1[nH]2.O=C1C=CC(=O)c2c(O)ccc(O)c21. The van der Waals surface area contributed by atoms with E-state index in [4.69, 9.17) is 0 Å². The predicted molar refractivity (Wildman–Crippen MR) is 114 cm³/mol. The molecule has 0 saturated carbocycles. The lowest BCUT2D eigenvalue weighted by Crippen LogP contribution is -2.11. The van der Waals surface area contributed by atoms with Crippen molar-refractivity contribution >= 4 is 22.6 Å². The van der Waals surface area contributed by atoms with E-state index >= 15 is 0 Å². The van der Waals surface area contributed by atoms with E-state index in [1.165, 1.54) is 73.7 Å². The van der Waals surface area contributed by atoms with Crippen molar-refractivity contribution in [1.82, 2.24) is 4.98 Å². The Hall–Kier alpha value is -3.08. The fourth-order valence-electron chi connectivity index (χ4n) is 3.65. The lowest BCUT2D eigenvalue weighted by Gasteiger charge is -2.11. The highest BCUT2D eigenvalue weighted by molar-refractivity contribution is 6.24. The number of phenols is 2. The summed E-state index contributed by atoms with van der Waals surface area (Å²) in [6, 6.07) is 9.00. The number of aromatic nitrogens is 1. The molecule has 152 valence electrons. The van der Waals surface area contributed by atoms with Crippen LogP contribution in [0.15, 0.2) is 42.5 Å². The first-order chi connectivity index (χ1) is 14.0. The second kappa shape index (κ2) is 9.41. The first-order valence-electron chi connectivity index (χ1n) is 10.2. The molecule has 5 heteroatoms. The molecule has 0 radical (unpaired) electrons. The van der Waals surface area contributed by atoms with E-state index in [1.54, 1.807) is 0 Å². The number of aromatic hydroxyl groups is 2. The molecule has 2 heterocycles. The summed E-state index contributed by atoms with van der Waals surface area (Å²) < 4.78 is 0. The molecule has 0 spiro atoms. The van der Waals surface area contributed by atoms with E-state index in [1.807, 2.05) is 0 Å². The highest BCUT2D eigenvalue weighted by Crippen LogP contribution is 2.32. The topological polar surface area (TPSA) is 90.4 Å². The lowest BCUT2D eigenvalue weighted by atomic mass is 9.93. The van der Waals surface area contributed by atoms with Crippen LogP contribution in [0.2, 0.25) is 0 Å². The Kier molecular flexibility index (Phi) is 6.70. The van der Waals surface area contributed by atoms with Gasteiger partial charge in [-0.05, 0) is 60.9 Å². The van der Waals surface area contributed by atoms with Gasteiger partial charge in [-0.3, -0.25) is 9.59 Å². The Morgan fingerprint density at radius 3 is 1.90 bits per heavy atom.